The molecule has 1 N–H and O–H groups in total. The maximum atomic E-state index is 11.6. The molecule has 0 aliphatic heterocycles. The molecule has 0 aliphatic carbocycles. The molecule has 1 rings (SSSR count). The second kappa shape index (κ2) is 7.15. The van der Waals surface area contributed by atoms with E-state index in [1.165, 1.54) is 11.8 Å². The number of aryl methyl sites for hydroxylation is 2. The SMILES string of the molecule is CCOC(=O)C(C)Sc1[nH+]c(CC)c(C)cc1C#N. The van der Waals surface area contributed by atoms with Crippen molar-refractivity contribution < 1.29 is 14.5 Å². The Bertz CT molecular complexity index is 509. The molecule has 1 aromatic heterocycles. The first-order valence-corrected chi connectivity index (χ1v) is 7.20. The Morgan fingerprint density at radius 1 is 1.58 bits per heavy atom. The van der Waals surface area contributed by atoms with Crippen LogP contribution < -0.4 is 4.98 Å². The van der Waals surface area contributed by atoms with Crippen LogP contribution in [0.15, 0.2) is 11.1 Å². The van der Waals surface area contributed by atoms with E-state index in [0.717, 1.165) is 22.7 Å². The van der Waals surface area contributed by atoms with Gasteiger partial charge in [0.25, 0.3) is 5.03 Å². The minimum atomic E-state index is -0.337. The molecule has 1 atom stereocenters. The van der Waals surface area contributed by atoms with Crippen molar-refractivity contribution in [2.45, 2.75) is 44.4 Å². The van der Waals surface area contributed by atoms with Crippen molar-refractivity contribution in [1.29, 1.82) is 5.26 Å². The van der Waals surface area contributed by atoms with Crippen molar-refractivity contribution in [2.75, 3.05) is 6.61 Å². The number of hydrogen-bond donors (Lipinski definition) is 0. The fraction of sp³-hybridized carbons (Fsp3) is 0.500. The van der Waals surface area contributed by atoms with Crippen molar-refractivity contribution in [3.05, 3.63) is 22.9 Å². The molecule has 0 saturated carbocycles. The second-order valence-electron chi connectivity index (χ2n) is 4.15. The highest BCUT2D eigenvalue weighted by molar-refractivity contribution is 8.00. The lowest BCUT2D eigenvalue weighted by atomic mass is 10.1. The zero-order chi connectivity index (χ0) is 14.4. The highest BCUT2D eigenvalue weighted by atomic mass is 32.2. The fourth-order valence-corrected chi connectivity index (χ4v) is 2.63. The van der Waals surface area contributed by atoms with Crippen LogP contribution in [0.25, 0.3) is 0 Å². The Kier molecular flexibility index (Phi) is 5.84. The maximum Gasteiger partial charge on any atom is 0.319 e. The molecular formula is C14H19N2O2S+. The highest BCUT2D eigenvalue weighted by Gasteiger charge is 2.23. The average molecular weight is 279 g/mol. The summed E-state index contributed by atoms with van der Waals surface area (Å²) in [5, 5.41) is 9.55. The van der Waals surface area contributed by atoms with Gasteiger partial charge in [-0.25, -0.2) is 4.98 Å². The van der Waals surface area contributed by atoms with Gasteiger partial charge in [0.05, 0.1) is 6.61 Å². The van der Waals surface area contributed by atoms with Crippen LogP contribution in [0.1, 0.15) is 37.6 Å². The standard InChI is InChI=1S/C14H18N2O2S/c1-5-12-9(3)7-11(8-15)13(16-12)19-10(4)14(17)18-6-2/h7,10H,5-6H2,1-4H3/p+1. The van der Waals surface area contributed by atoms with E-state index in [9.17, 15) is 4.79 Å². The number of esters is 1. The van der Waals surface area contributed by atoms with Gasteiger partial charge in [0.2, 0.25) is 0 Å². The first kappa shape index (κ1) is 15.5. The zero-order valence-electron chi connectivity index (χ0n) is 11.7. The van der Waals surface area contributed by atoms with Crippen molar-refractivity contribution >= 4 is 17.7 Å². The van der Waals surface area contributed by atoms with Gasteiger partial charge < -0.3 is 4.74 Å². The van der Waals surface area contributed by atoms with Crippen molar-refractivity contribution in [3.63, 3.8) is 0 Å². The minimum absolute atomic E-state index is 0.261. The van der Waals surface area contributed by atoms with Gasteiger partial charge in [0.15, 0.2) is 5.69 Å². The van der Waals surface area contributed by atoms with Gasteiger partial charge in [-0.2, -0.15) is 5.26 Å². The first-order valence-electron chi connectivity index (χ1n) is 6.32. The fourth-order valence-electron chi connectivity index (χ4n) is 1.70. The van der Waals surface area contributed by atoms with E-state index in [0.29, 0.717) is 12.2 Å². The number of nitrogens with zero attached hydrogens (tertiary/aromatic N) is 1. The van der Waals surface area contributed by atoms with Gasteiger partial charge >= 0.3 is 5.97 Å². The summed E-state index contributed by atoms with van der Waals surface area (Å²) in [4.78, 5) is 14.9. The lowest BCUT2D eigenvalue weighted by Crippen LogP contribution is -2.22. The molecule has 0 aromatic carbocycles. The largest absolute Gasteiger partial charge is 0.465 e. The van der Waals surface area contributed by atoms with Crippen LogP contribution in [0.2, 0.25) is 0 Å². The number of ether oxygens (including phenoxy) is 1. The molecule has 0 radical (unpaired) electrons. The van der Waals surface area contributed by atoms with Gasteiger partial charge in [-0.3, -0.25) is 4.79 Å². The van der Waals surface area contributed by atoms with Crippen LogP contribution in [0.3, 0.4) is 0 Å². The number of carbonyl (C=O) groups excluding carboxylic acids is 1. The Hall–Kier alpha value is -1.54. The number of thioether (sulfide) groups is 1. The summed E-state index contributed by atoms with van der Waals surface area (Å²) < 4.78 is 4.97. The Labute approximate surface area is 118 Å². The number of aromatic nitrogens is 1. The van der Waals surface area contributed by atoms with Crippen LogP contribution in [0, 0.1) is 18.3 Å². The molecule has 0 fully saturated rings. The third-order valence-corrected chi connectivity index (χ3v) is 3.84. The number of aromatic amines is 1. The smallest absolute Gasteiger partial charge is 0.319 e. The molecule has 5 heteroatoms. The topological polar surface area (TPSA) is 64.2 Å². The van der Waals surface area contributed by atoms with Gasteiger partial charge in [-0.05, 0) is 38.6 Å². The zero-order valence-corrected chi connectivity index (χ0v) is 12.6. The Balaban J connectivity index is 3.00. The molecule has 0 spiro atoms. The molecule has 0 bridgehead atoms. The highest BCUT2D eigenvalue weighted by Crippen LogP contribution is 2.24. The van der Waals surface area contributed by atoms with Crippen LogP contribution in [-0.4, -0.2) is 17.8 Å². The van der Waals surface area contributed by atoms with Gasteiger partial charge in [-0.15, -0.1) is 0 Å². The number of nitrogens with one attached hydrogen (secondary N) is 1. The number of pyridine rings is 1. The second-order valence-corrected chi connectivity index (χ2v) is 5.50. The quantitative estimate of drug-likeness (QED) is 0.612. The summed E-state index contributed by atoms with van der Waals surface area (Å²) in [6.07, 6.45) is 0.860. The molecule has 19 heavy (non-hydrogen) atoms. The summed E-state index contributed by atoms with van der Waals surface area (Å²) in [5.41, 5.74) is 2.71. The van der Waals surface area contributed by atoms with E-state index < -0.39 is 0 Å². The van der Waals surface area contributed by atoms with Gasteiger partial charge in [0.1, 0.15) is 16.9 Å². The lowest BCUT2D eigenvalue weighted by molar-refractivity contribution is -0.438. The Morgan fingerprint density at radius 2 is 2.26 bits per heavy atom. The Morgan fingerprint density at radius 3 is 2.79 bits per heavy atom. The summed E-state index contributed by atoms with van der Waals surface area (Å²) in [6, 6.07) is 4.02. The van der Waals surface area contributed by atoms with Gasteiger partial charge in [-0.1, -0.05) is 6.92 Å². The molecule has 0 aliphatic rings. The molecule has 0 saturated heterocycles. The lowest BCUT2D eigenvalue weighted by Gasteiger charge is -2.08. The third-order valence-electron chi connectivity index (χ3n) is 2.73. The summed E-state index contributed by atoms with van der Waals surface area (Å²) in [6.45, 7) is 7.95. The first-order chi connectivity index (χ1) is 9.03. The minimum Gasteiger partial charge on any atom is -0.465 e. The van der Waals surface area contributed by atoms with E-state index in [-0.39, 0.29) is 11.2 Å². The average Bonchev–Trinajstić information content (AvgIpc) is 2.40. The number of carbonyl (C=O) groups is 1. The normalized spacial score (nSPS) is 11.7. The molecule has 1 unspecified atom stereocenters. The molecule has 1 heterocycles. The van der Waals surface area contributed by atoms with Gasteiger partial charge in [0, 0.05) is 12.0 Å². The van der Waals surface area contributed by atoms with Crippen LogP contribution in [0.4, 0.5) is 0 Å². The van der Waals surface area contributed by atoms with Crippen molar-refractivity contribution in [3.8, 4) is 6.07 Å². The van der Waals surface area contributed by atoms with Crippen LogP contribution in [0.5, 0.6) is 0 Å². The molecule has 0 amide bonds. The predicted octanol–water partition coefficient (Wildman–Crippen LogP) is 2.29. The number of H-pyrrole nitrogens is 1. The summed E-state index contributed by atoms with van der Waals surface area (Å²) in [5.74, 6) is -0.261. The van der Waals surface area contributed by atoms with E-state index >= 15 is 0 Å². The molecule has 1 aromatic rings. The van der Waals surface area contributed by atoms with E-state index in [1.807, 2.05) is 19.9 Å². The van der Waals surface area contributed by atoms with E-state index in [4.69, 9.17) is 10.00 Å². The molecule has 102 valence electrons. The van der Waals surface area contributed by atoms with E-state index in [2.05, 4.69) is 11.1 Å². The summed E-state index contributed by atoms with van der Waals surface area (Å²) >= 11 is 1.33. The predicted molar refractivity (Wildman–Crippen MR) is 73.8 cm³/mol. The van der Waals surface area contributed by atoms with E-state index in [1.54, 1.807) is 13.8 Å². The molecular weight excluding hydrogens is 260 g/mol. The number of hydrogen-bond acceptors (Lipinski definition) is 4. The van der Waals surface area contributed by atoms with Crippen LogP contribution in [-0.2, 0) is 16.0 Å². The van der Waals surface area contributed by atoms with Crippen molar-refractivity contribution in [1.82, 2.24) is 0 Å². The summed E-state index contributed by atoms with van der Waals surface area (Å²) in [7, 11) is 0. The number of nitriles is 1. The molecule has 4 nitrogen and oxygen atoms in total. The van der Waals surface area contributed by atoms with Crippen molar-refractivity contribution in [2.24, 2.45) is 0 Å². The van der Waals surface area contributed by atoms with Crippen LogP contribution >= 0.6 is 11.8 Å². The monoisotopic (exact) mass is 279 g/mol. The maximum absolute atomic E-state index is 11.6. The third kappa shape index (κ3) is 3.97. The number of rotatable bonds is 5.